The minimum absolute atomic E-state index is 0.139. The summed E-state index contributed by atoms with van der Waals surface area (Å²) in [5.74, 6) is 1.96. The number of aliphatic imine (C=N–C) groups is 1. The molecule has 0 unspecified atom stereocenters. The minimum Gasteiger partial charge on any atom is -0.349 e. The Labute approximate surface area is 119 Å². The van der Waals surface area contributed by atoms with E-state index in [9.17, 15) is 4.79 Å². The molecule has 1 amide bonds. The van der Waals surface area contributed by atoms with E-state index in [1.54, 1.807) is 20.2 Å². The molecule has 0 atom stereocenters. The Kier molecular flexibility index (Phi) is 4.60. The smallest absolute Gasteiger partial charge is 0.219 e. The Balaban J connectivity index is 1.87. The molecule has 1 aliphatic heterocycles. The number of piperazine rings is 1. The number of carbonyl (C=O) groups is 1. The molecule has 0 saturated carbocycles. The zero-order valence-electron chi connectivity index (χ0n) is 12.3. The van der Waals surface area contributed by atoms with E-state index >= 15 is 0 Å². The fourth-order valence-electron chi connectivity index (χ4n) is 2.29. The van der Waals surface area contributed by atoms with Crippen molar-refractivity contribution in [2.75, 3.05) is 33.2 Å². The van der Waals surface area contributed by atoms with Gasteiger partial charge in [-0.05, 0) is 0 Å². The normalized spacial score (nSPS) is 16.4. The average molecular weight is 278 g/mol. The molecule has 7 nitrogen and oxygen atoms in total. The van der Waals surface area contributed by atoms with Gasteiger partial charge in [0.05, 0.1) is 6.54 Å². The molecular weight excluding hydrogens is 256 g/mol. The highest BCUT2D eigenvalue weighted by Crippen LogP contribution is 2.03. The van der Waals surface area contributed by atoms with Crippen molar-refractivity contribution >= 4 is 11.9 Å². The number of imidazole rings is 1. The summed E-state index contributed by atoms with van der Waals surface area (Å²) in [6.07, 6.45) is 3.71. The number of rotatable bonds is 2. The third-order valence-corrected chi connectivity index (χ3v) is 3.56. The van der Waals surface area contributed by atoms with Gasteiger partial charge >= 0.3 is 0 Å². The van der Waals surface area contributed by atoms with Crippen molar-refractivity contribution in [2.45, 2.75) is 13.5 Å². The Morgan fingerprint density at radius 3 is 2.50 bits per heavy atom. The molecule has 2 rings (SSSR count). The zero-order chi connectivity index (χ0) is 14.5. The molecule has 0 bridgehead atoms. The summed E-state index contributed by atoms with van der Waals surface area (Å²) in [5.41, 5.74) is 0. The minimum atomic E-state index is 0.139. The van der Waals surface area contributed by atoms with Crippen LogP contribution in [-0.2, 0) is 18.4 Å². The second-order valence-corrected chi connectivity index (χ2v) is 4.85. The van der Waals surface area contributed by atoms with Crippen molar-refractivity contribution in [3.05, 3.63) is 18.2 Å². The molecule has 7 heteroatoms. The summed E-state index contributed by atoms with van der Waals surface area (Å²) in [6, 6.07) is 0. The number of amides is 1. The van der Waals surface area contributed by atoms with Crippen molar-refractivity contribution in [3.63, 3.8) is 0 Å². The van der Waals surface area contributed by atoms with Crippen LogP contribution >= 0.6 is 0 Å². The molecule has 1 saturated heterocycles. The molecule has 1 fully saturated rings. The maximum Gasteiger partial charge on any atom is 0.219 e. The van der Waals surface area contributed by atoms with Crippen LogP contribution in [0.15, 0.2) is 17.4 Å². The first-order valence-corrected chi connectivity index (χ1v) is 6.79. The topological polar surface area (TPSA) is 65.8 Å². The maximum absolute atomic E-state index is 11.3. The summed E-state index contributed by atoms with van der Waals surface area (Å²) >= 11 is 0. The van der Waals surface area contributed by atoms with Gasteiger partial charge < -0.3 is 19.7 Å². The van der Waals surface area contributed by atoms with Crippen molar-refractivity contribution in [1.29, 1.82) is 0 Å². The highest BCUT2D eigenvalue weighted by Gasteiger charge is 2.20. The van der Waals surface area contributed by atoms with Gasteiger partial charge in [0, 0.05) is 59.6 Å². The summed E-state index contributed by atoms with van der Waals surface area (Å²) in [5, 5.41) is 3.32. The van der Waals surface area contributed by atoms with E-state index in [1.165, 1.54) is 0 Å². The molecule has 0 aromatic carbocycles. The molecule has 2 heterocycles. The van der Waals surface area contributed by atoms with Crippen molar-refractivity contribution < 1.29 is 4.79 Å². The number of hydrogen-bond acceptors (Lipinski definition) is 3. The highest BCUT2D eigenvalue weighted by molar-refractivity contribution is 5.80. The molecule has 1 aromatic heterocycles. The summed E-state index contributed by atoms with van der Waals surface area (Å²) in [6.45, 7) is 5.36. The van der Waals surface area contributed by atoms with Crippen LogP contribution in [-0.4, -0.2) is 64.4 Å². The van der Waals surface area contributed by atoms with E-state index in [2.05, 4.69) is 20.2 Å². The largest absolute Gasteiger partial charge is 0.349 e. The molecule has 1 aliphatic rings. The van der Waals surface area contributed by atoms with Crippen LogP contribution < -0.4 is 5.32 Å². The zero-order valence-corrected chi connectivity index (χ0v) is 12.3. The molecule has 0 radical (unpaired) electrons. The van der Waals surface area contributed by atoms with Crippen molar-refractivity contribution in [3.8, 4) is 0 Å². The first-order valence-electron chi connectivity index (χ1n) is 6.79. The quantitative estimate of drug-likeness (QED) is 0.594. The van der Waals surface area contributed by atoms with Gasteiger partial charge in [-0.3, -0.25) is 9.79 Å². The molecule has 0 aliphatic carbocycles. The van der Waals surface area contributed by atoms with Crippen LogP contribution in [0.4, 0.5) is 0 Å². The fraction of sp³-hybridized carbons (Fsp3) is 0.615. The number of nitrogens with zero attached hydrogens (tertiary/aromatic N) is 5. The van der Waals surface area contributed by atoms with Crippen LogP contribution in [0.25, 0.3) is 0 Å². The second kappa shape index (κ2) is 6.40. The number of hydrogen-bond donors (Lipinski definition) is 1. The van der Waals surface area contributed by atoms with E-state index in [4.69, 9.17) is 0 Å². The molecule has 20 heavy (non-hydrogen) atoms. The monoisotopic (exact) mass is 278 g/mol. The molecule has 1 aromatic rings. The predicted molar refractivity (Wildman–Crippen MR) is 77.2 cm³/mol. The van der Waals surface area contributed by atoms with Crippen LogP contribution in [0.1, 0.15) is 12.7 Å². The van der Waals surface area contributed by atoms with Crippen LogP contribution in [0.2, 0.25) is 0 Å². The molecular formula is C13H22N6O. The first kappa shape index (κ1) is 14.4. The van der Waals surface area contributed by atoms with E-state index in [1.807, 2.05) is 22.7 Å². The lowest BCUT2D eigenvalue weighted by molar-refractivity contribution is -0.130. The summed E-state index contributed by atoms with van der Waals surface area (Å²) in [4.78, 5) is 23.9. The van der Waals surface area contributed by atoms with Gasteiger partial charge in [0.2, 0.25) is 5.91 Å². The number of carbonyl (C=O) groups excluding carboxylic acids is 1. The lowest BCUT2D eigenvalue weighted by atomic mass is 10.3. The summed E-state index contributed by atoms with van der Waals surface area (Å²) < 4.78 is 1.98. The standard InChI is InChI=1S/C13H22N6O/c1-11(20)18-6-8-19(9-7-18)13(14-2)16-10-12-15-4-5-17(12)3/h4-5H,6-10H2,1-3H3,(H,14,16). The van der Waals surface area contributed by atoms with Gasteiger partial charge in [0.1, 0.15) is 5.82 Å². The Morgan fingerprint density at radius 1 is 1.35 bits per heavy atom. The lowest BCUT2D eigenvalue weighted by Gasteiger charge is -2.36. The van der Waals surface area contributed by atoms with Gasteiger partial charge in [-0.1, -0.05) is 0 Å². The van der Waals surface area contributed by atoms with Gasteiger partial charge in [-0.2, -0.15) is 0 Å². The maximum atomic E-state index is 11.3. The number of aromatic nitrogens is 2. The molecule has 1 N–H and O–H groups in total. The van der Waals surface area contributed by atoms with Crippen molar-refractivity contribution in [2.24, 2.45) is 12.0 Å². The Bertz CT molecular complexity index is 487. The van der Waals surface area contributed by atoms with Crippen LogP contribution in [0.5, 0.6) is 0 Å². The number of guanidine groups is 1. The van der Waals surface area contributed by atoms with E-state index in [-0.39, 0.29) is 5.91 Å². The number of aryl methyl sites for hydroxylation is 1. The van der Waals surface area contributed by atoms with Crippen molar-refractivity contribution in [1.82, 2.24) is 24.7 Å². The van der Waals surface area contributed by atoms with E-state index < -0.39 is 0 Å². The highest BCUT2D eigenvalue weighted by atomic mass is 16.2. The van der Waals surface area contributed by atoms with Gasteiger partial charge in [0.25, 0.3) is 0 Å². The first-order chi connectivity index (χ1) is 9.61. The van der Waals surface area contributed by atoms with Gasteiger partial charge in [0.15, 0.2) is 5.96 Å². The van der Waals surface area contributed by atoms with Crippen LogP contribution in [0.3, 0.4) is 0 Å². The molecule has 0 spiro atoms. The average Bonchev–Trinajstić information content (AvgIpc) is 2.85. The van der Waals surface area contributed by atoms with Crippen LogP contribution in [0, 0.1) is 0 Å². The summed E-state index contributed by atoms with van der Waals surface area (Å²) in [7, 11) is 3.75. The molecule has 110 valence electrons. The van der Waals surface area contributed by atoms with Gasteiger partial charge in [-0.25, -0.2) is 4.98 Å². The second-order valence-electron chi connectivity index (χ2n) is 4.85. The van der Waals surface area contributed by atoms with Gasteiger partial charge in [-0.15, -0.1) is 0 Å². The predicted octanol–water partition coefficient (Wildman–Crippen LogP) is -0.340. The Hall–Kier alpha value is -2.05. The van der Waals surface area contributed by atoms with E-state index in [0.717, 1.165) is 38.0 Å². The third-order valence-electron chi connectivity index (χ3n) is 3.56. The third kappa shape index (κ3) is 3.28. The number of nitrogens with one attached hydrogen (secondary N) is 1. The Morgan fingerprint density at radius 2 is 2.00 bits per heavy atom. The lowest BCUT2D eigenvalue weighted by Crippen LogP contribution is -2.53. The fourth-order valence-corrected chi connectivity index (χ4v) is 2.29. The SMILES string of the molecule is CN=C(NCc1nccn1C)N1CCN(C(C)=O)CC1. The van der Waals surface area contributed by atoms with E-state index in [0.29, 0.717) is 6.54 Å².